The van der Waals surface area contributed by atoms with E-state index in [2.05, 4.69) is 23.6 Å². The molecule has 0 aromatic heterocycles. The van der Waals surface area contributed by atoms with Crippen molar-refractivity contribution in [1.29, 1.82) is 0 Å². The molecule has 2 N–H and O–H groups in total. The molecule has 0 aliphatic carbocycles. The van der Waals surface area contributed by atoms with E-state index in [0.717, 1.165) is 38.2 Å². The van der Waals surface area contributed by atoms with Crippen LogP contribution in [0.5, 0.6) is 0 Å². The number of nitro groups is 1. The molecule has 1 saturated heterocycles. The molecule has 116 valence electrons. The van der Waals surface area contributed by atoms with Crippen molar-refractivity contribution >= 4 is 11.4 Å². The van der Waals surface area contributed by atoms with Crippen LogP contribution >= 0.6 is 0 Å². The molecule has 0 radical (unpaired) electrons. The zero-order valence-electron chi connectivity index (χ0n) is 12.8. The summed E-state index contributed by atoms with van der Waals surface area (Å²) in [5, 5.41) is 10.9. The minimum absolute atomic E-state index is 0.109. The number of piperazine rings is 1. The van der Waals surface area contributed by atoms with Gasteiger partial charge in [0, 0.05) is 56.6 Å². The van der Waals surface area contributed by atoms with Gasteiger partial charge in [0.15, 0.2) is 0 Å². The number of non-ortho nitro benzene ring substituents is 1. The van der Waals surface area contributed by atoms with E-state index in [1.165, 1.54) is 6.07 Å². The Morgan fingerprint density at radius 3 is 2.57 bits per heavy atom. The Balaban J connectivity index is 1.97. The molecule has 0 amide bonds. The fourth-order valence-corrected chi connectivity index (χ4v) is 2.70. The van der Waals surface area contributed by atoms with Crippen molar-refractivity contribution in [2.45, 2.75) is 32.9 Å². The summed E-state index contributed by atoms with van der Waals surface area (Å²) in [6.45, 7) is 9.20. The zero-order valence-corrected chi connectivity index (χ0v) is 12.8. The molecule has 0 bridgehead atoms. The first-order valence-corrected chi connectivity index (χ1v) is 7.50. The summed E-state index contributed by atoms with van der Waals surface area (Å²) in [4.78, 5) is 15.3. The zero-order chi connectivity index (χ0) is 15.4. The Hall–Kier alpha value is -1.66. The average Bonchev–Trinajstić information content (AvgIpc) is 2.49. The van der Waals surface area contributed by atoms with Crippen LogP contribution in [0.15, 0.2) is 18.2 Å². The molecule has 1 aromatic rings. The Morgan fingerprint density at radius 1 is 1.33 bits per heavy atom. The number of hydrogen-bond donors (Lipinski definition) is 1. The molecule has 1 aliphatic heterocycles. The molecule has 1 aromatic carbocycles. The van der Waals surface area contributed by atoms with E-state index >= 15 is 0 Å². The van der Waals surface area contributed by atoms with Gasteiger partial charge in [0.05, 0.1) is 4.92 Å². The predicted molar refractivity (Wildman–Crippen MR) is 84.1 cm³/mol. The second-order valence-corrected chi connectivity index (χ2v) is 5.71. The minimum Gasteiger partial charge on any atom is -0.398 e. The third kappa shape index (κ3) is 3.92. The topological polar surface area (TPSA) is 75.6 Å². The van der Waals surface area contributed by atoms with Gasteiger partial charge in [0.2, 0.25) is 0 Å². The van der Waals surface area contributed by atoms with E-state index in [9.17, 15) is 10.1 Å². The van der Waals surface area contributed by atoms with Crippen LogP contribution in [0.25, 0.3) is 0 Å². The first-order valence-electron chi connectivity index (χ1n) is 7.50. The third-order valence-corrected chi connectivity index (χ3v) is 4.35. The monoisotopic (exact) mass is 292 g/mol. The minimum atomic E-state index is -0.371. The van der Waals surface area contributed by atoms with Crippen LogP contribution in [0.2, 0.25) is 0 Å². The van der Waals surface area contributed by atoms with E-state index < -0.39 is 0 Å². The first-order chi connectivity index (χ1) is 10.0. The van der Waals surface area contributed by atoms with Gasteiger partial charge >= 0.3 is 0 Å². The summed E-state index contributed by atoms with van der Waals surface area (Å²) in [6.07, 6.45) is 1.16. The maximum atomic E-state index is 10.9. The van der Waals surface area contributed by atoms with Crippen LogP contribution in [-0.2, 0) is 6.54 Å². The van der Waals surface area contributed by atoms with E-state index in [0.29, 0.717) is 18.3 Å². The van der Waals surface area contributed by atoms with Crippen molar-refractivity contribution in [1.82, 2.24) is 9.80 Å². The SMILES string of the molecule is CCC(C)N1CCN(Cc2cc([N+](=O)[O-])ccc2N)CC1. The lowest BCUT2D eigenvalue weighted by Crippen LogP contribution is -2.49. The summed E-state index contributed by atoms with van der Waals surface area (Å²) in [7, 11) is 0. The lowest BCUT2D eigenvalue weighted by molar-refractivity contribution is -0.384. The van der Waals surface area contributed by atoms with Gasteiger partial charge in [-0.3, -0.25) is 19.9 Å². The number of nitrogen functional groups attached to an aromatic ring is 1. The van der Waals surface area contributed by atoms with Crippen molar-refractivity contribution in [2.24, 2.45) is 0 Å². The van der Waals surface area contributed by atoms with Crippen LogP contribution in [0.3, 0.4) is 0 Å². The van der Waals surface area contributed by atoms with Crippen LogP contribution in [0.4, 0.5) is 11.4 Å². The second-order valence-electron chi connectivity index (χ2n) is 5.71. The standard InChI is InChI=1S/C15H24N4O2/c1-3-12(2)18-8-6-17(7-9-18)11-13-10-14(19(20)21)4-5-15(13)16/h4-5,10,12H,3,6-9,11,16H2,1-2H3. The lowest BCUT2D eigenvalue weighted by atomic mass is 10.1. The normalized spacial score (nSPS) is 18.6. The molecular formula is C15H24N4O2. The fraction of sp³-hybridized carbons (Fsp3) is 0.600. The number of hydrogen-bond acceptors (Lipinski definition) is 5. The Bertz CT molecular complexity index is 498. The third-order valence-electron chi connectivity index (χ3n) is 4.35. The summed E-state index contributed by atoms with van der Waals surface area (Å²) >= 11 is 0. The number of nitrogens with zero attached hydrogens (tertiary/aromatic N) is 3. The van der Waals surface area contributed by atoms with E-state index in [1.807, 2.05) is 0 Å². The van der Waals surface area contributed by atoms with Crippen molar-refractivity contribution in [2.75, 3.05) is 31.9 Å². The molecule has 1 unspecified atom stereocenters. The second kappa shape index (κ2) is 6.87. The molecule has 0 spiro atoms. The number of nitro benzene ring substituents is 1. The van der Waals surface area contributed by atoms with Crippen LogP contribution in [0, 0.1) is 10.1 Å². The summed E-state index contributed by atoms with van der Waals surface area (Å²) in [6, 6.07) is 5.30. The van der Waals surface area contributed by atoms with Gasteiger partial charge in [-0.15, -0.1) is 0 Å². The molecule has 1 heterocycles. The average molecular weight is 292 g/mol. The van der Waals surface area contributed by atoms with Crippen molar-refractivity contribution < 1.29 is 4.92 Å². The lowest BCUT2D eigenvalue weighted by Gasteiger charge is -2.37. The number of nitrogens with two attached hydrogens (primary N) is 1. The molecule has 2 rings (SSSR count). The summed E-state index contributed by atoms with van der Waals surface area (Å²) in [5.74, 6) is 0. The highest BCUT2D eigenvalue weighted by atomic mass is 16.6. The Morgan fingerprint density at radius 2 is 2.00 bits per heavy atom. The van der Waals surface area contributed by atoms with Crippen molar-refractivity contribution in [3.63, 3.8) is 0 Å². The first kappa shape index (κ1) is 15.7. The summed E-state index contributed by atoms with van der Waals surface area (Å²) < 4.78 is 0. The highest BCUT2D eigenvalue weighted by Gasteiger charge is 2.21. The molecule has 21 heavy (non-hydrogen) atoms. The van der Waals surface area contributed by atoms with E-state index in [-0.39, 0.29) is 10.6 Å². The van der Waals surface area contributed by atoms with Crippen LogP contribution in [0.1, 0.15) is 25.8 Å². The van der Waals surface area contributed by atoms with Crippen molar-refractivity contribution in [3.05, 3.63) is 33.9 Å². The number of anilines is 1. The van der Waals surface area contributed by atoms with Gasteiger partial charge in [0.25, 0.3) is 5.69 Å². The van der Waals surface area contributed by atoms with E-state index in [1.54, 1.807) is 12.1 Å². The Labute approximate surface area is 125 Å². The fourth-order valence-electron chi connectivity index (χ4n) is 2.70. The molecule has 1 aliphatic rings. The molecule has 1 atom stereocenters. The number of benzene rings is 1. The van der Waals surface area contributed by atoms with E-state index in [4.69, 9.17) is 5.73 Å². The molecule has 0 saturated carbocycles. The van der Waals surface area contributed by atoms with Gasteiger partial charge in [-0.1, -0.05) is 6.92 Å². The predicted octanol–water partition coefficient (Wildman–Crippen LogP) is 2.09. The van der Waals surface area contributed by atoms with Gasteiger partial charge in [-0.2, -0.15) is 0 Å². The van der Waals surface area contributed by atoms with Gasteiger partial charge in [0.1, 0.15) is 0 Å². The largest absolute Gasteiger partial charge is 0.398 e. The molecule has 6 nitrogen and oxygen atoms in total. The van der Waals surface area contributed by atoms with Crippen LogP contribution in [-0.4, -0.2) is 46.9 Å². The quantitative estimate of drug-likeness (QED) is 0.511. The van der Waals surface area contributed by atoms with Crippen molar-refractivity contribution in [3.8, 4) is 0 Å². The van der Waals surface area contributed by atoms with Crippen LogP contribution < -0.4 is 5.73 Å². The van der Waals surface area contributed by atoms with Gasteiger partial charge < -0.3 is 5.73 Å². The number of rotatable bonds is 5. The molecule has 1 fully saturated rings. The molecule has 6 heteroatoms. The maximum Gasteiger partial charge on any atom is 0.269 e. The highest BCUT2D eigenvalue weighted by molar-refractivity contribution is 5.52. The summed E-state index contributed by atoms with van der Waals surface area (Å²) in [5.41, 5.74) is 7.53. The Kier molecular flexibility index (Phi) is 5.14. The van der Waals surface area contributed by atoms with Gasteiger partial charge in [-0.05, 0) is 25.0 Å². The molecular weight excluding hydrogens is 268 g/mol. The maximum absolute atomic E-state index is 10.9. The smallest absolute Gasteiger partial charge is 0.269 e. The highest BCUT2D eigenvalue weighted by Crippen LogP contribution is 2.22. The van der Waals surface area contributed by atoms with Gasteiger partial charge in [-0.25, -0.2) is 0 Å².